The highest BCUT2D eigenvalue weighted by Gasteiger charge is 2.22. The van der Waals surface area contributed by atoms with Crippen LogP contribution in [0.1, 0.15) is 0 Å². The van der Waals surface area contributed by atoms with E-state index in [1.54, 1.807) is 0 Å². The van der Waals surface area contributed by atoms with E-state index in [4.69, 9.17) is 5.73 Å². The second-order valence-electron chi connectivity index (χ2n) is 3.41. The van der Waals surface area contributed by atoms with Gasteiger partial charge in [-0.3, -0.25) is 4.79 Å². The van der Waals surface area contributed by atoms with Gasteiger partial charge in [0.15, 0.2) is 0 Å². The summed E-state index contributed by atoms with van der Waals surface area (Å²) in [4.78, 5) is 11.1. The number of sulfonamides is 1. The van der Waals surface area contributed by atoms with Crippen molar-refractivity contribution in [2.75, 3.05) is 26.4 Å². The van der Waals surface area contributed by atoms with Crippen molar-refractivity contribution in [1.29, 1.82) is 0 Å². The molecule has 1 aromatic rings. The van der Waals surface area contributed by atoms with Crippen LogP contribution in [0.5, 0.6) is 0 Å². The Bertz CT molecular complexity index is 496. The van der Waals surface area contributed by atoms with Crippen LogP contribution in [0.3, 0.4) is 0 Å². The number of benzene rings is 1. The largest absolute Gasteiger partial charge is 0.468 e. The fourth-order valence-electron chi connectivity index (χ4n) is 1.15. The number of nitrogen functional groups attached to an aromatic ring is 1. The molecule has 0 spiro atoms. The zero-order valence-electron chi connectivity index (χ0n) is 9.58. The van der Waals surface area contributed by atoms with Crippen LogP contribution < -0.4 is 5.73 Å². The molecule has 6 nitrogen and oxygen atoms in total. The maximum absolute atomic E-state index is 12.0. The molecule has 0 fully saturated rings. The molecule has 0 aliphatic rings. The summed E-state index contributed by atoms with van der Waals surface area (Å²) in [5.74, 6) is -0.619. The van der Waals surface area contributed by atoms with Crippen LogP contribution in [0.25, 0.3) is 0 Å². The lowest BCUT2D eigenvalue weighted by molar-refractivity contribution is -0.140. The standard InChI is InChI=1S/C10H14N2O4S/c1-12(7-10(13)16-2)17(14,15)9-5-3-8(11)4-6-9/h3-6H,7,11H2,1-2H3. The van der Waals surface area contributed by atoms with E-state index in [0.29, 0.717) is 5.69 Å². The molecule has 1 aromatic carbocycles. The van der Waals surface area contributed by atoms with Crippen molar-refractivity contribution in [1.82, 2.24) is 4.31 Å². The number of nitrogens with two attached hydrogens (primary N) is 1. The fraction of sp³-hybridized carbons (Fsp3) is 0.300. The van der Waals surface area contributed by atoms with Gasteiger partial charge in [-0.15, -0.1) is 0 Å². The maximum Gasteiger partial charge on any atom is 0.321 e. The third-order valence-corrected chi connectivity index (χ3v) is 3.99. The van der Waals surface area contributed by atoms with E-state index in [0.717, 1.165) is 4.31 Å². The predicted molar refractivity (Wildman–Crippen MR) is 62.7 cm³/mol. The van der Waals surface area contributed by atoms with Crippen molar-refractivity contribution < 1.29 is 17.9 Å². The number of likely N-dealkylation sites (N-methyl/N-ethyl adjacent to an activating group) is 1. The molecule has 0 aliphatic carbocycles. The minimum absolute atomic E-state index is 0.0816. The molecule has 0 amide bonds. The molecule has 0 bridgehead atoms. The number of methoxy groups -OCH3 is 1. The van der Waals surface area contributed by atoms with Crippen LogP contribution in [0.2, 0.25) is 0 Å². The van der Waals surface area contributed by atoms with Crippen molar-refractivity contribution in [2.45, 2.75) is 4.90 Å². The maximum atomic E-state index is 12.0. The number of rotatable bonds is 4. The molecule has 0 radical (unpaired) electrons. The molecule has 94 valence electrons. The van der Waals surface area contributed by atoms with Crippen LogP contribution in [0.15, 0.2) is 29.2 Å². The summed E-state index contributed by atoms with van der Waals surface area (Å²) in [5.41, 5.74) is 5.94. The van der Waals surface area contributed by atoms with E-state index in [2.05, 4.69) is 4.74 Å². The van der Waals surface area contributed by atoms with Gasteiger partial charge in [-0.25, -0.2) is 8.42 Å². The number of carbonyl (C=O) groups is 1. The van der Waals surface area contributed by atoms with E-state index < -0.39 is 16.0 Å². The summed E-state index contributed by atoms with van der Waals surface area (Å²) < 4.78 is 29.3. The lowest BCUT2D eigenvalue weighted by Gasteiger charge is -2.15. The third-order valence-electron chi connectivity index (χ3n) is 2.17. The van der Waals surface area contributed by atoms with Gasteiger partial charge in [0.25, 0.3) is 0 Å². The minimum Gasteiger partial charge on any atom is -0.468 e. The van der Waals surface area contributed by atoms with Crippen LogP contribution >= 0.6 is 0 Å². The van der Waals surface area contributed by atoms with E-state index in [-0.39, 0.29) is 11.4 Å². The highest BCUT2D eigenvalue weighted by Crippen LogP contribution is 2.15. The van der Waals surface area contributed by atoms with Gasteiger partial charge >= 0.3 is 5.97 Å². The van der Waals surface area contributed by atoms with E-state index >= 15 is 0 Å². The Balaban J connectivity index is 2.95. The number of hydrogen-bond donors (Lipinski definition) is 1. The molecule has 0 heterocycles. The second kappa shape index (κ2) is 5.15. The molecule has 2 N–H and O–H groups in total. The van der Waals surface area contributed by atoms with Crippen molar-refractivity contribution in [3.8, 4) is 0 Å². The summed E-state index contributed by atoms with van der Waals surface area (Å²) >= 11 is 0. The van der Waals surface area contributed by atoms with Gasteiger partial charge in [-0.2, -0.15) is 4.31 Å². The first kappa shape index (κ1) is 13.5. The number of carbonyl (C=O) groups excluding carboxylic acids is 1. The first-order valence-corrected chi connectivity index (χ1v) is 6.20. The van der Waals surface area contributed by atoms with Gasteiger partial charge in [0, 0.05) is 12.7 Å². The average molecular weight is 258 g/mol. The van der Waals surface area contributed by atoms with Gasteiger partial charge in [0.1, 0.15) is 6.54 Å². The number of esters is 1. The first-order valence-electron chi connectivity index (χ1n) is 4.76. The molecule has 17 heavy (non-hydrogen) atoms. The highest BCUT2D eigenvalue weighted by atomic mass is 32.2. The summed E-state index contributed by atoms with van der Waals surface area (Å²) in [7, 11) is -1.18. The Hall–Kier alpha value is -1.60. The molecule has 0 saturated heterocycles. The second-order valence-corrected chi connectivity index (χ2v) is 5.45. The summed E-state index contributed by atoms with van der Waals surface area (Å²) in [6.07, 6.45) is 0. The zero-order valence-corrected chi connectivity index (χ0v) is 10.4. The Morgan fingerprint density at radius 2 is 1.88 bits per heavy atom. The van der Waals surface area contributed by atoms with E-state index in [1.165, 1.54) is 38.4 Å². The molecular weight excluding hydrogens is 244 g/mol. The van der Waals surface area contributed by atoms with Gasteiger partial charge in [-0.1, -0.05) is 0 Å². The first-order chi connectivity index (χ1) is 7.87. The average Bonchev–Trinajstić information content (AvgIpc) is 2.29. The minimum atomic E-state index is -3.68. The van der Waals surface area contributed by atoms with Crippen molar-refractivity contribution in [2.24, 2.45) is 0 Å². The Labute approximate surface area is 100 Å². The van der Waals surface area contributed by atoms with Crippen molar-refractivity contribution in [3.05, 3.63) is 24.3 Å². The van der Waals surface area contributed by atoms with Crippen molar-refractivity contribution in [3.63, 3.8) is 0 Å². The lowest BCUT2D eigenvalue weighted by atomic mass is 10.3. The number of nitrogens with zero attached hydrogens (tertiary/aromatic N) is 1. The normalized spacial score (nSPS) is 11.5. The molecule has 0 unspecified atom stereocenters. The zero-order chi connectivity index (χ0) is 13.1. The summed E-state index contributed by atoms with van der Waals surface area (Å²) in [6.45, 7) is -0.330. The van der Waals surface area contributed by atoms with Crippen LogP contribution in [0.4, 0.5) is 5.69 Å². The van der Waals surface area contributed by atoms with Gasteiger partial charge < -0.3 is 10.5 Å². The van der Waals surface area contributed by atoms with Gasteiger partial charge in [-0.05, 0) is 24.3 Å². The van der Waals surface area contributed by atoms with Gasteiger partial charge in [0.2, 0.25) is 10.0 Å². The van der Waals surface area contributed by atoms with Crippen molar-refractivity contribution >= 4 is 21.7 Å². The predicted octanol–water partition coefficient (Wildman–Crippen LogP) is 0.0623. The number of anilines is 1. The number of ether oxygens (including phenoxy) is 1. The molecule has 7 heteroatoms. The lowest BCUT2D eigenvalue weighted by Crippen LogP contribution is -2.32. The van der Waals surface area contributed by atoms with Gasteiger partial charge in [0.05, 0.1) is 12.0 Å². The third kappa shape index (κ3) is 3.18. The monoisotopic (exact) mass is 258 g/mol. The Morgan fingerprint density at radius 1 is 1.35 bits per heavy atom. The van der Waals surface area contributed by atoms with Crippen LogP contribution in [0, 0.1) is 0 Å². The molecule has 0 aliphatic heterocycles. The molecular formula is C10H14N2O4S. The van der Waals surface area contributed by atoms with E-state index in [9.17, 15) is 13.2 Å². The summed E-state index contributed by atoms with van der Waals surface area (Å²) in [6, 6.07) is 5.74. The SMILES string of the molecule is COC(=O)CN(C)S(=O)(=O)c1ccc(N)cc1. The molecule has 0 saturated carbocycles. The summed E-state index contributed by atoms with van der Waals surface area (Å²) in [5, 5.41) is 0. The molecule has 1 rings (SSSR count). The quantitative estimate of drug-likeness (QED) is 0.609. The highest BCUT2D eigenvalue weighted by molar-refractivity contribution is 7.89. The molecule has 0 aromatic heterocycles. The Morgan fingerprint density at radius 3 is 2.35 bits per heavy atom. The van der Waals surface area contributed by atoms with Crippen LogP contribution in [-0.4, -0.2) is 39.4 Å². The van der Waals surface area contributed by atoms with Crippen LogP contribution in [-0.2, 0) is 19.6 Å². The smallest absolute Gasteiger partial charge is 0.321 e. The molecule has 0 atom stereocenters. The van der Waals surface area contributed by atoms with E-state index in [1.807, 2.05) is 0 Å². The fourth-order valence-corrected chi connectivity index (χ4v) is 2.27. The number of hydrogen-bond acceptors (Lipinski definition) is 5. The topological polar surface area (TPSA) is 89.7 Å². The Kier molecular flexibility index (Phi) is 4.08.